The van der Waals surface area contributed by atoms with E-state index in [0.29, 0.717) is 24.5 Å². The Kier molecular flexibility index (Phi) is 4.89. The zero-order chi connectivity index (χ0) is 19.5. The first kappa shape index (κ1) is 17.9. The molecule has 142 valence electrons. The summed E-state index contributed by atoms with van der Waals surface area (Å²) in [6, 6.07) is 16.7. The highest BCUT2D eigenvalue weighted by Crippen LogP contribution is 2.39. The largest absolute Gasteiger partial charge is 0.465 e. The van der Waals surface area contributed by atoms with Gasteiger partial charge in [-0.25, -0.2) is 4.79 Å². The molecule has 0 radical (unpaired) electrons. The highest BCUT2D eigenvalue weighted by atomic mass is 16.5. The van der Waals surface area contributed by atoms with Crippen LogP contribution in [0.3, 0.4) is 0 Å². The van der Waals surface area contributed by atoms with Crippen LogP contribution in [0.1, 0.15) is 43.9 Å². The van der Waals surface area contributed by atoms with Crippen LogP contribution in [0.4, 0.5) is 0 Å². The first-order chi connectivity index (χ1) is 13.7. The van der Waals surface area contributed by atoms with Crippen molar-refractivity contribution in [3.63, 3.8) is 0 Å². The number of amides is 1. The van der Waals surface area contributed by atoms with Gasteiger partial charge >= 0.3 is 5.97 Å². The van der Waals surface area contributed by atoms with Gasteiger partial charge < -0.3 is 14.2 Å². The van der Waals surface area contributed by atoms with Crippen LogP contribution in [-0.4, -0.2) is 47.1 Å². The first-order valence-electron chi connectivity index (χ1n) is 8.97. The Morgan fingerprint density at radius 3 is 2.36 bits per heavy atom. The van der Waals surface area contributed by atoms with Crippen molar-refractivity contribution in [2.24, 2.45) is 0 Å². The smallest absolute Gasteiger partial charge is 0.338 e. The second-order valence-corrected chi connectivity index (χ2v) is 6.66. The average Bonchev–Trinajstić information content (AvgIpc) is 3.43. The summed E-state index contributed by atoms with van der Waals surface area (Å²) in [6.45, 7) is 0.936. The number of esters is 1. The van der Waals surface area contributed by atoms with Crippen LogP contribution in [0.5, 0.6) is 0 Å². The summed E-state index contributed by atoms with van der Waals surface area (Å²) in [7, 11) is 1.30. The van der Waals surface area contributed by atoms with E-state index < -0.39 is 5.97 Å². The molecule has 3 aromatic rings. The molecule has 0 aliphatic carbocycles. The maximum Gasteiger partial charge on any atom is 0.338 e. The van der Waals surface area contributed by atoms with E-state index in [1.54, 1.807) is 29.2 Å². The van der Waals surface area contributed by atoms with Gasteiger partial charge in [0.2, 0.25) is 6.39 Å². The Hall–Kier alpha value is -3.48. The fourth-order valence-corrected chi connectivity index (χ4v) is 3.74. The van der Waals surface area contributed by atoms with Crippen LogP contribution in [0.2, 0.25) is 0 Å². The van der Waals surface area contributed by atoms with Gasteiger partial charge in [0.15, 0.2) is 5.82 Å². The molecule has 0 N–H and O–H groups in total. The number of benzene rings is 2. The highest BCUT2D eigenvalue weighted by Gasteiger charge is 2.40. The fraction of sp³-hybridized carbons (Fsp3) is 0.238. The Morgan fingerprint density at radius 2 is 1.68 bits per heavy atom. The average molecular weight is 377 g/mol. The number of nitrogens with zero attached hydrogens (tertiary/aromatic N) is 3. The van der Waals surface area contributed by atoms with Gasteiger partial charge in [-0.3, -0.25) is 4.79 Å². The van der Waals surface area contributed by atoms with Crippen molar-refractivity contribution in [3.05, 3.63) is 83.5 Å². The first-order valence-corrected chi connectivity index (χ1v) is 8.97. The number of carbonyl (C=O) groups excluding carboxylic acids is 2. The van der Waals surface area contributed by atoms with E-state index in [1.807, 2.05) is 30.3 Å². The molecule has 4 rings (SSSR count). The lowest BCUT2D eigenvalue weighted by Crippen LogP contribution is -2.30. The quantitative estimate of drug-likeness (QED) is 0.650. The molecule has 1 amide bonds. The number of likely N-dealkylation sites (tertiary alicyclic amines) is 1. The molecule has 1 aliphatic heterocycles. The van der Waals surface area contributed by atoms with Crippen molar-refractivity contribution in [2.45, 2.75) is 11.8 Å². The Labute approximate surface area is 161 Å². The van der Waals surface area contributed by atoms with Crippen molar-refractivity contribution in [1.29, 1.82) is 0 Å². The normalized spacial score (nSPS) is 18.8. The third-order valence-electron chi connectivity index (χ3n) is 5.11. The highest BCUT2D eigenvalue weighted by molar-refractivity contribution is 6.05. The Morgan fingerprint density at radius 1 is 1.00 bits per heavy atom. The van der Waals surface area contributed by atoms with Crippen LogP contribution in [0, 0.1) is 0 Å². The van der Waals surface area contributed by atoms with Crippen LogP contribution >= 0.6 is 0 Å². The van der Waals surface area contributed by atoms with E-state index in [4.69, 9.17) is 9.26 Å². The van der Waals surface area contributed by atoms with Crippen LogP contribution in [-0.2, 0) is 4.74 Å². The topological polar surface area (TPSA) is 85.5 Å². The minimum Gasteiger partial charge on any atom is -0.465 e. The second-order valence-electron chi connectivity index (χ2n) is 6.66. The van der Waals surface area contributed by atoms with Gasteiger partial charge in [0.25, 0.3) is 5.91 Å². The summed E-state index contributed by atoms with van der Waals surface area (Å²) in [6.07, 6.45) is 1.30. The van der Waals surface area contributed by atoms with Gasteiger partial charge in [0.1, 0.15) is 0 Å². The molecule has 0 saturated carbocycles. The minimum atomic E-state index is -0.530. The van der Waals surface area contributed by atoms with Gasteiger partial charge in [-0.15, -0.1) is 0 Å². The molecule has 28 heavy (non-hydrogen) atoms. The van der Waals surface area contributed by atoms with E-state index in [-0.39, 0.29) is 23.3 Å². The molecule has 1 aromatic heterocycles. The van der Waals surface area contributed by atoms with Gasteiger partial charge in [-0.2, -0.15) is 4.98 Å². The van der Waals surface area contributed by atoms with Crippen molar-refractivity contribution >= 4 is 11.9 Å². The number of rotatable bonds is 4. The van der Waals surface area contributed by atoms with E-state index in [0.717, 1.165) is 5.56 Å². The van der Waals surface area contributed by atoms with Crippen LogP contribution < -0.4 is 0 Å². The van der Waals surface area contributed by atoms with Gasteiger partial charge in [-0.05, 0) is 17.7 Å². The zero-order valence-corrected chi connectivity index (χ0v) is 15.3. The maximum atomic E-state index is 13.2. The monoisotopic (exact) mass is 377 g/mol. The molecule has 2 atom stereocenters. The van der Waals surface area contributed by atoms with Crippen LogP contribution in [0.25, 0.3) is 0 Å². The van der Waals surface area contributed by atoms with Gasteiger partial charge in [0, 0.05) is 24.9 Å². The predicted molar refractivity (Wildman–Crippen MR) is 99.9 cm³/mol. The summed E-state index contributed by atoms with van der Waals surface area (Å²) >= 11 is 0. The number of hydrogen-bond acceptors (Lipinski definition) is 6. The summed E-state index contributed by atoms with van der Waals surface area (Å²) < 4.78 is 9.75. The molecule has 1 aliphatic rings. The molecule has 0 spiro atoms. The van der Waals surface area contributed by atoms with Crippen molar-refractivity contribution in [2.75, 3.05) is 20.2 Å². The molecule has 2 heterocycles. The van der Waals surface area contributed by atoms with E-state index >= 15 is 0 Å². The molecule has 0 unspecified atom stereocenters. The van der Waals surface area contributed by atoms with E-state index in [2.05, 4.69) is 10.1 Å². The molecule has 2 aromatic carbocycles. The molecule has 1 saturated heterocycles. The standard InChI is InChI=1S/C21H19N3O4/c1-27-21(26)16-10-6-5-9-15(16)20(25)24-11-17(14-7-3-2-4-8-14)18(12-24)19-22-13-28-23-19/h2-10,13,17-18H,11-12H2,1H3/t17-,18+/m0/s1. The Bertz CT molecular complexity index is 972. The van der Waals surface area contributed by atoms with Gasteiger partial charge in [-0.1, -0.05) is 47.6 Å². The molecule has 0 bridgehead atoms. The summed E-state index contributed by atoms with van der Waals surface area (Å²) in [4.78, 5) is 31.2. The molecule has 7 nitrogen and oxygen atoms in total. The van der Waals surface area contributed by atoms with Crippen molar-refractivity contribution in [3.8, 4) is 0 Å². The van der Waals surface area contributed by atoms with Gasteiger partial charge in [0.05, 0.1) is 18.2 Å². The number of hydrogen-bond donors (Lipinski definition) is 0. The number of carbonyl (C=O) groups is 2. The second kappa shape index (κ2) is 7.64. The Balaban J connectivity index is 1.66. The summed E-state index contributed by atoms with van der Waals surface area (Å²) in [5.74, 6) is -0.223. The lowest BCUT2D eigenvalue weighted by molar-refractivity contribution is 0.0592. The summed E-state index contributed by atoms with van der Waals surface area (Å²) in [5, 5.41) is 4.00. The maximum absolute atomic E-state index is 13.2. The third-order valence-corrected chi connectivity index (χ3v) is 5.11. The third kappa shape index (κ3) is 3.26. The number of aromatic nitrogens is 2. The fourth-order valence-electron chi connectivity index (χ4n) is 3.74. The van der Waals surface area contributed by atoms with Crippen molar-refractivity contribution < 1.29 is 18.8 Å². The molecule has 1 fully saturated rings. The van der Waals surface area contributed by atoms with Crippen LogP contribution in [0.15, 0.2) is 65.5 Å². The van der Waals surface area contributed by atoms with E-state index in [9.17, 15) is 9.59 Å². The molecule has 7 heteroatoms. The van der Waals surface area contributed by atoms with Crippen molar-refractivity contribution in [1.82, 2.24) is 15.0 Å². The zero-order valence-electron chi connectivity index (χ0n) is 15.3. The molecular formula is C21H19N3O4. The summed E-state index contributed by atoms with van der Waals surface area (Å²) in [5.41, 5.74) is 1.69. The number of methoxy groups -OCH3 is 1. The minimum absolute atomic E-state index is 0.0352. The number of ether oxygens (including phenoxy) is 1. The SMILES string of the molecule is COC(=O)c1ccccc1C(=O)N1C[C@@H](c2ccccc2)[C@H](c2ncon2)C1. The van der Waals surface area contributed by atoms with E-state index in [1.165, 1.54) is 13.5 Å². The predicted octanol–water partition coefficient (Wildman–Crippen LogP) is 2.88. The lowest BCUT2D eigenvalue weighted by Gasteiger charge is -2.18. The lowest BCUT2D eigenvalue weighted by atomic mass is 9.88. The molecular weight excluding hydrogens is 358 g/mol.